The number of alkyl halides is 1. The minimum atomic E-state index is 0.240. The van der Waals surface area contributed by atoms with Gasteiger partial charge < -0.3 is 4.84 Å². The van der Waals surface area contributed by atoms with E-state index in [4.69, 9.17) is 4.84 Å². The number of nitrogens with zero attached hydrogens (tertiary/aromatic N) is 1. The van der Waals surface area contributed by atoms with E-state index in [0.717, 1.165) is 16.4 Å². The Labute approximate surface area is 64.5 Å². The van der Waals surface area contributed by atoms with Gasteiger partial charge in [-0.1, -0.05) is 21.1 Å². The number of oxime groups is 1. The van der Waals surface area contributed by atoms with Gasteiger partial charge >= 0.3 is 0 Å². The van der Waals surface area contributed by atoms with E-state index >= 15 is 0 Å². The maximum atomic E-state index is 4.91. The van der Waals surface area contributed by atoms with Crippen molar-refractivity contribution in [3.05, 3.63) is 0 Å². The highest BCUT2D eigenvalue weighted by Crippen LogP contribution is 2.15. The summed E-state index contributed by atoms with van der Waals surface area (Å²) in [6.45, 7) is 0. The molecule has 1 aliphatic heterocycles. The Morgan fingerprint density at radius 2 is 2.62 bits per heavy atom. The van der Waals surface area contributed by atoms with Gasteiger partial charge in [0.05, 0.1) is 0 Å². The second kappa shape index (κ2) is 2.82. The third-order valence-electron chi connectivity index (χ3n) is 0.869. The molecule has 0 amide bonds. The van der Waals surface area contributed by atoms with Gasteiger partial charge in [-0.05, 0) is 15.9 Å². The first kappa shape index (κ1) is 6.55. The monoisotopic (exact) mass is 241 g/mol. The van der Waals surface area contributed by atoms with Gasteiger partial charge in [-0.3, -0.25) is 0 Å². The van der Waals surface area contributed by atoms with Crippen molar-refractivity contribution in [3.63, 3.8) is 0 Å². The molecule has 46 valence electrons. The largest absolute Gasteiger partial charge is 0.391 e. The van der Waals surface area contributed by atoms with Crippen molar-refractivity contribution in [1.29, 1.82) is 0 Å². The van der Waals surface area contributed by atoms with E-state index in [2.05, 4.69) is 37.0 Å². The molecule has 0 aromatic carbocycles. The molecule has 0 aromatic rings. The van der Waals surface area contributed by atoms with Crippen LogP contribution in [0.4, 0.5) is 0 Å². The van der Waals surface area contributed by atoms with Crippen LogP contribution in [0.15, 0.2) is 5.16 Å². The van der Waals surface area contributed by atoms with Crippen molar-refractivity contribution in [2.45, 2.75) is 12.5 Å². The lowest BCUT2D eigenvalue weighted by Gasteiger charge is -1.98. The molecule has 1 heterocycles. The van der Waals surface area contributed by atoms with Crippen molar-refractivity contribution in [2.75, 3.05) is 5.33 Å². The zero-order valence-electron chi connectivity index (χ0n) is 4.10. The van der Waals surface area contributed by atoms with Crippen LogP contribution in [0.3, 0.4) is 0 Å². The lowest BCUT2D eigenvalue weighted by atomic mass is 10.3. The zero-order valence-corrected chi connectivity index (χ0v) is 7.27. The van der Waals surface area contributed by atoms with Crippen molar-refractivity contribution >= 4 is 36.5 Å². The predicted molar refractivity (Wildman–Crippen MR) is 39.6 cm³/mol. The SMILES string of the molecule is BrCC1CC(Br)=NO1. The van der Waals surface area contributed by atoms with Crippen molar-refractivity contribution in [3.8, 4) is 0 Å². The molecule has 1 atom stereocenters. The maximum Gasteiger partial charge on any atom is 0.143 e. The Balaban J connectivity index is 2.32. The van der Waals surface area contributed by atoms with Gasteiger partial charge in [0, 0.05) is 11.8 Å². The van der Waals surface area contributed by atoms with E-state index in [1.54, 1.807) is 0 Å². The van der Waals surface area contributed by atoms with Crippen LogP contribution < -0.4 is 0 Å². The summed E-state index contributed by atoms with van der Waals surface area (Å²) in [5.41, 5.74) is 0. The number of hydrogen-bond acceptors (Lipinski definition) is 2. The molecule has 1 aliphatic rings. The first-order chi connectivity index (χ1) is 3.83. The molecular formula is C4H5Br2NO. The first-order valence-corrected chi connectivity index (χ1v) is 4.18. The fourth-order valence-electron chi connectivity index (χ4n) is 0.477. The maximum absolute atomic E-state index is 4.91. The summed E-state index contributed by atoms with van der Waals surface area (Å²) < 4.78 is 0.905. The van der Waals surface area contributed by atoms with Crippen LogP contribution in [0.2, 0.25) is 0 Å². The predicted octanol–water partition coefficient (Wildman–Crippen LogP) is 1.88. The van der Waals surface area contributed by atoms with E-state index < -0.39 is 0 Å². The number of halogens is 2. The van der Waals surface area contributed by atoms with Crippen molar-refractivity contribution < 1.29 is 4.84 Å². The summed E-state index contributed by atoms with van der Waals surface area (Å²) in [7, 11) is 0. The fraction of sp³-hybridized carbons (Fsp3) is 0.750. The van der Waals surface area contributed by atoms with Crippen LogP contribution >= 0.6 is 31.9 Å². The molecule has 8 heavy (non-hydrogen) atoms. The first-order valence-electron chi connectivity index (χ1n) is 2.27. The Hall–Kier alpha value is 0.430. The van der Waals surface area contributed by atoms with E-state index in [-0.39, 0.29) is 6.10 Å². The average molecular weight is 243 g/mol. The zero-order chi connectivity index (χ0) is 5.98. The Bertz CT molecular complexity index is 115. The molecule has 0 N–H and O–H groups in total. The van der Waals surface area contributed by atoms with Crippen LogP contribution in [0.1, 0.15) is 6.42 Å². The molecule has 0 saturated carbocycles. The highest BCUT2D eigenvalue weighted by atomic mass is 79.9. The van der Waals surface area contributed by atoms with E-state index in [0.29, 0.717) is 0 Å². The van der Waals surface area contributed by atoms with Gasteiger partial charge in [0.2, 0.25) is 0 Å². The average Bonchev–Trinajstić information content (AvgIpc) is 2.14. The third-order valence-corrected chi connectivity index (χ3v) is 2.06. The van der Waals surface area contributed by atoms with Crippen LogP contribution in [-0.2, 0) is 4.84 Å². The second-order valence-corrected chi connectivity index (χ2v) is 3.12. The summed E-state index contributed by atoms with van der Waals surface area (Å²) in [4.78, 5) is 4.91. The van der Waals surface area contributed by atoms with E-state index in [1.807, 2.05) is 0 Å². The molecule has 0 fully saturated rings. The summed E-state index contributed by atoms with van der Waals surface area (Å²) >= 11 is 6.51. The van der Waals surface area contributed by atoms with Crippen molar-refractivity contribution in [2.24, 2.45) is 5.16 Å². The minimum Gasteiger partial charge on any atom is -0.391 e. The summed E-state index contributed by atoms with van der Waals surface area (Å²) in [6, 6.07) is 0. The quantitative estimate of drug-likeness (QED) is 0.644. The topological polar surface area (TPSA) is 21.6 Å². The Kier molecular flexibility index (Phi) is 2.31. The van der Waals surface area contributed by atoms with Gasteiger partial charge in [-0.25, -0.2) is 0 Å². The summed E-state index contributed by atoms with van der Waals surface area (Å²) in [5, 5.41) is 4.54. The molecule has 2 nitrogen and oxygen atoms in total. The van der Waals surface area contributed by atoms with E-state index in [1.165, 1.54) is 0 Å². The standard InChI is InChI=1S/C4H5Br2NO/c5-2-3-1-4(6)7-8-3/h3H,1-2H2. The van der Waals surface area contributed by atoms with Crippen molar-refractivity contribution in [1.82, 2.24) is 0 Å². The molecule has 4 heteroatoms. The lowest BCUT2D eigenvalue weighted by molar-refractivity contribution is 0.104. The molecular weight excluding hydrogens is 238 g/mol. The van der Waals surface area contributed by atoms with E-state index in [9.17, 15) is 0 Å². The third kappa shape index (κ3) is 1.45. The van der Waals surface area contributed by atoms with Crippen LogP contribution in [-0.4, -0.2) is 16.1 Å². The Morgan fingerprint density at radius 1 is 1.88 bits per heavy atom. The summed E-state index contributed by atoms with van der Waals surface area (Å²) in [6.07, 6.45) is 1.13. The molecule has 1 unspecified atom stereocenters. The van der Waals surface area contributed by atoms with Crippen LogP contribution in [0.5, 0.6) is 0 Å². The van der Waals surface area contributed by atoms with Gasteiger partial charge in [-0.15, -0.1) is 0 Å². The van der Waals surface area contributed by atoms with Gasteiger partial charge in [-0.2, -0.15) is 0 Å². The molecule has 0 radical (unpaired) electrons. The second-order valence-electron chi connectivity index (χ2n) is 1.55. The van der Waals surface area contributed by atoms with Gasteiger partial charge in [0.15, 0.2) is 0 Å². The molecule has 0 aromatic heterocycles. The van der Waals surface area contributed by atoms with Crippen LogP contribution in [0, 0.1) is 0 Å². The molecule has 1 rings (SSSR count). The Morgan fingerprint density at radius 3 is 2.88 bits per heavy atom. The number of hydrogen-bond donors (Lipinski definition) is 0. The van der Waals surface area contributed by atoms with Crippen LogP contribution in [0.25, 0.3) is 0 Å². The normalized spacial score (nSPS) is 27.2. The van der Waals surface area contributed by atoms with Gasteiger partial charge in [0.25, 0.3) is 0 Å². The molecule has 0 aliphatic carbocycles. The van der Waals surface area contributed by atoms with Gasteiger partial charge in [0.1, 0.15) is 10.7 Å². The molecule has 0 spiro atoms. The highest BCUT2D eigenvalue weighted by molar-refractivity contribution is 9.18. The number of rotatable bonds is 1. The fourth-order valence-corrected chi connectivity index (χ4v) is 1.27. The highest BCUT2D eigenvalue weighted by Gasteiger charge is 2.16. The molecule has 0 bridgehead atoms. The molecule has 0 saturated heterocycles. The lowest BCUT2D eigenvalue weighted by Crippen LogP contribution is -2.06. The minimum absolute atomic E-state index is 0.240. The smallest absolute Gasteiger partial charge is 0.143 e. The summed E-state index contributed by atoms with van der Waals surface area (Å²) in [5.74, 6) is 0.